The molecule has 18 heavy (non-hydrogen) atoms. The molecule has 3 heteroatoms. The van der Waals surface area contributed by atoms with E-state index >= 15 is 0 Å². The number of thioether (sulfide) groups is 1. The Labute approximate surface area is 118 Å². The summed E-state index contributed by atoms with van der Waals surface area (Å²) in [4.78, 5) is 0. The third-order valence-corrected chi connectivity index (χ3v) is 4.93. The van der Waals surface area contributed by atoms with Crippen LogP contribution in [0.1, 0.15) is 52.4 Å². The van der Waals surface area contributed by atoms with Crippen LogP contribution in [0.2, 0.25) is 0 Å². The van der Waals surface area contributed by atoms with Crippen molar-refractivity contribution in [2.45, 2.75) is 57.6 Å². The molecule has 1 aliphatic rings. The van der Waals surface area contributed by atoms with Crippen LogP contribution in [0, 0.1) is 5.92 Å². The summed E-state index contributed by atoms with van der Waals surface area (Å²) in [5.41, 5.74) is 0. The fraction of sp³-hybridized carbons (Fsp3) is 1.00. The third kappa shape index (κ3) is 8.39. The molecule has 0 heterocycles. The largest absolute Gasteiger partial charge is 0.380 e. The predicted molar refractivity (Wildman–Crippen MR) is 82.5 cm³/mol. The lowest BCUT2D eigenvalue weighted by Gasteiger charge is -2.26. The average molecular weight is 273 g/mol. The summed E-state index contributed by atoms with van der Waals surface area (Å²) >= 11 is 2.17. The number of hydrogen-bond acceptors (Lipinski definition) is 3. The summed E-state index contributed by atoms with van der Waals surface area (Å²) in [6.45, 7) is 8.53. The summed E-state index contributed by atoms with van der Waals surface area (Å²) in [5.74, 6) is 2.21. The molecule has 2 unspecified atom stereocenters. The second kappa shape index (κ2) is 11.1. The van der Waals surface area contributed by atoms with Crippen molar-refractivity contribution in [3.63, 3.8) is 0 Å². The van der Waals surface area contributed by atoms with E-state index in [4.69, 9.17) is 4.74 Å². The molecule has 0 radical (unpaired) electrons. The smallest absolute Gasteiger partial charge is 0.0590 e. The molecule has 108 valence electrons. The van der Waals surface area contributed by atoms with Crippen LogP contribution < -0.4 is 5.32 Å². The van der Waals surface area contributed by atoms with Gasteiger partial charge in [0.05, 0.1) is 6.61 Å². The molecular weight excluding hydrogens is 242 g/mol. The number of hydrogen-bond donors (Lipinski definition) is 1. The number of unbranched alkanes of at least 4 members (excludes halogenated alkanes) is 1. The van der Waals surface area contributed by atoms with Gasteiger partial charge in [-0.25, -0.2) is 0 Å². The van der Waals surface area contributed by atoms with Gasteiger partial charge in [-0.15, -0.1) is 0 Å². The van der Waals surface area contributed by atoms with Gasteiger partial charge in [-0.1, -0.05) is 33.1 Å². The van der Waals surface area contributed by atoms with Crippen LogP contribution in [0.4, 0.5) is 0 Å². The first-order valence-electron chi connectivity index (χ1n) is 7.73. The Bertz CT molecular complexity index is 189. The Morgan fingerprint density at radius 1 is 1.22 bits per heavy atom. The molecule has 1 saturated carbocycles. The third-order valence-electron chi connectivity index (χ3n) is 3.59. The van der Waals surface area contributed by atoms with Gasteiger partial charge < -0.3 is 10.1 Å². The molecule has 0 amide bonds. The molecule has 1 N–H and O–H groups in total. The fourth-order valence-corrected chi connectivity index (χ4v) is 3.84. The van der Waals surface area contributed by atoms with Gasteiger partial charge in [0.1, 0.15) is 0 Å². The molecule has 2 atom stereocenters. The van der Waals surface area contributed by atoms with Gasteiger partial charge in [0.2, 0.25) is 0 Å². The molecule has 0 aromatic carbocycles. The van der Waals surface area contributed by atoms with Crippen LogP contribution in [0.25, 0.3) is 0 Å². The monoisotopic (exact) mass is 273 g/mol. The highest BCUT2D eigenvalue weighted by atomic mass is 32.2. The summed E-state index contributed by atoms with van der Waals surface area (Å²) in [6, 6.07) is 0. The van der Waals surface area contributed by atoms with E-state index in [0.29, 0.717) is 0 Å². The van der Waals surface area contributed by atoms with Gasteiger partial charge in [0, 0.05) is 30.7 Å². The Hall–Kier alpha value is 0.270. The van der Waals surface area contributed by atoms with Crippen molar-refractivity contribution in [1.82, 2.24) is 5.32 Å². The van der Waals surface area contributed by atoms with Crippen LogP contribution in [0.3, 0.4) is 0 Å². The van der Waals surface area contributed by atoms with Crippen LogP contribution in [-0.4, -0.2) is 37.3 Å². The van der Waals surface area contributed by atoms with Crippen molar-refractivity contribution in [2.75, 3.05) is 32.1 Å². The van der Waals surface area contributed by atoms with Crippen LogP contribution in [0.15, 0.2) is 0 Å². The fourth-order valence-electron chi connectivity index (χ4n) is 2.45. The van der Waals surface area contributed by atoms with E-state index in [1.807, 2.05) is 0 Å². The first-order valence-corrected chi connectivity index (χ1v) is 8.78. The molecule has 0 aliphatic heterocycles. The minimum absolute atomic E-state index is 0.866. The maximum atomic E-state index is 5.52. The Kier molecular flexibility index (Phi) is 10.1. The molecule has 0 saturated heterocycles. The zero-order valence-electron chi connectivity index (χ0n) is 12.2. The molecule has 0 spiro atoms. The van der Waals surface area contributed by atoms with Crippen LogP contribution >= 0.6 is 11.8 Å². The maximum Gasteiger partial charge on any atom is 0.0590 e. The van der Waals surface area contributed by atoms with Crippen molar-refractivity contribution in [2.24, 2.45) is 5.92 Å². The minimum Gasteiger partial charge on any atom is -0.380 e. The molecule has 1 rings (SSSR count). The van der Waals surface area contributed by atoms with Crippen molar-refractivity contribution in [1.29, 1.82) is 0 Å². The van der Waals surface area contributed by atoms with Gasteiger partial charge >= 0.3 is 0 Å². The Morgan fingerprint density at radius 2 is 2.11 bits per heavy atom. The minimum atomic E-state index is 0.866. The molecule has 0 aromatic rings. The summed E-state index contributed by atoms with van der Waals surface area (Å²) < 4.78 is 5.52. The molecule has 1 fully saturated rings. The van der Waals surface area contributed by atoms with E-state index in [1.54, 1.807) is 0 Å². The van der Waals surface area contributed by atoms with Gasteiger partial charge in [0.25, 0.3) is 0 Å². The van der Waals surface area contributed by atoms with E-state index in [9.17, 15) is 0 Å². The summed E-state index contributed by atoms with van der Waals surface area (Å²) in [6.07, 6.45) is 8.18. The van der Waals surface area contributed by atoms with Crippen molar-refractivity contribution in [3.05, 3.63) is 0 Å². The van der Waals surface area contributed by atoms with Crippen molar-refractivity contribution < 1.29 is 4.74 Å². The van der Waals surface area contributed by atoms with Crippen LogP contribution in [-0.2, 0) is 4.74 Å². The summed E-state index contributed by atoms with van der Waals surface area (Å²) in [7, 11) is 0. The van der Waals surface area contributed by atoms with E-state index in [-0.39, 0.29) is 0 Å². The quantitative estimate of drug-likeness (QED) is 0.613. The highest BCUT2D eigenvalue weighted by molar-refractivity contribution is 7.99. The number of rotatable bonds is 10. The normalized spacial score (nSPS) is 24.3. The maximum absolute atomic E-state index is 5.52. The van der Waals surface area contributed by atoms with Gasteiger partial charge in [-0.2, -0.15) is 11.8 Å². The first kappa shape index (κ1) is 16.3. The highest BCUT2D eigenvalue weighted by Gasteiger charge is 2.18. The Balaban J connectivity index is 1.80. The van der Waals surface area contributed by atoms with Gasteiger partial charge in [0.15, 0.2) is 0 Å². The second-order valence-electron chi connectivity index (χ2n) is 5.48. The van der Waals surface area contributed by atoms with E-state index < -0.39 is 0 Å². The lowest BCUT2D eigenvalue weighted by molar-refractivity contribution is 0.133. The first-order chi connectivity index (χ1) is 8.83. The van der Waals surface area contributed by atoms with Gasteiger partial charge in [-0.3, -0.25) is 0 Å². The van der Waals surface area contributed by atoms with Crippen molar-refractivity contribution >= 4 is 11.8 Å². The molecule has 1 aliphatic carbocycles. The number of nitrogens with one attached hydrogen (secondary N) is 1. The summed E-state index contributed by atoms with van der Waals surface area (Å²) in [5, 5.41) is 4.39. The Morgan fingerprint density at radius 3 is 2.89 bits per heavy atom. The molecular formula is C15H31NOS. The van der Waals surface area contributed by atoms with Gasteiger partial charge in [-0.05, 0) is 25.2 Å². The lowest BCUT2D eigenvalue weighted by atomic mass is 9.91. The average Bonchev–Trinajstić information content (AvgIpc) is 2.37. The lowest BCUT2D eigenvalue weighted by Crippen LogP contribution is -2.24. The van der Waals surface area contributed by atoms with E-state index in [1.165, 1.54) is 44.3 Å². The second-order valence-corrected chi connectivity index (χ2v) is 6.89. The molecule has 0 bridgehead atoms. The zero-order valence-corrected chi connectivity index (χ0v) is 13.1. The van der Waals surface area contributed by atoms with Crippen LogP contribution in [0.5, 0.6) is 0 Å². The number of ether oxygens (including phenoxy) is 1. The van der Waals surface area contributed by atoms with E-state index in [0.717, 1.165) is 37.5 Å². The standard InChI is InChI=1S/C15H31NOS/c1-3-4-10-17-11-8-16-9-12-18-15-7-5-6-14(2)13-15/h14-16H,3-13H2,1-2H3. The van der Waals surface area contributed by atoms with E-state index in [2.05, 4.69) is 30.9 Å². The topological polar surface area (TPSA) is 21.3 Å². The van der Waals surface area contributed by atoms with Crippen molar-refractivity contribution in [3.8, 4) is 0 Å². The zero-order chi connectivity index (χ0) is 13.1. The predicted octanol–water partition coefficient (Wildman–Crippen LogP) is 3.70. The highest BCUT2D eigenvalue weighted by Crippen LogP contribution is 2.31. The molecule has 2 nitrogen and oxygen atoms in total. The molecule has 0 aromatic heterocycles. The SMILES string of the molecule is CCCCOCCNCCSC1CCCC(C)C1.